The van der Waals surface area contributed by atoms with Crippen LogP contribution in [0.4, 0.5) is 0 Å². The Morgan fingerprint density at radius 1 is 1.53 bits per heavy atom. The lowest BCUT2D eigenvalue weighted by atomic mass is 9.91. The van der Waals surface area contributed by atoms with Crippen LogP contribution in [0.15, 0.2) is 17.5 Å². The molecular formula is C13H21NOS2. The number of carbonyl (C=O) groups excluding carboxylic acids is 1. The number of nitrogens with one attached hydrogen (secondary N) is 1. The molecule has 1 aromatic rings. The molecule has 1 unspecified atom stereocenters. The van der Waals surface area contributed by atoms with E-state index in [0.717, 1.165) is 0 Å². The van der Waals surface area contributed by atoms with Crippen molar-refractivity contribution in [3.63, 3.8) is 0 Å². The lowest BCUT2D eigenvalue weighted by molar-refractivity contribution is -0.121. The van der Waals surface area contributed by atoms with Gasteiger partial charge in [0.25, 0.3) is 0 Å². The molecule has 0 aromatic carbocycles. The Balaban J connectivity index is 2.53. The quantitative estimate of drug-likeness (QED) is 0.792. The minimum atomic E-state index is -0.228. The Morgan fingerprint density at radius 2 is 2.18 bits per heavy atom. The summed E-state index contributed by atoms with van der Waals surface area (Å²) < 4.78 is 0. The first-order valence-electron chi connectivity index (χ1n) is 5.84. The van der Waals surface area contributed by atoms with Crippen LogP contribution < -0.4 is 5.32 Å². The van der Waals surface area contributed by atoms with Gasteiger partial charge in [0.2, 0.25) is 5.91 Å². The van der Waals surface area contributed by atoms with Crippen molar-refractivity contribution in [1.29, 1.82) is 0 Å². The van der Waals surface area contributed by atoms with E-state index in [1.54, 1.807) is 11.3 Å². The van der Waals surface area contributed by atoms with E-state index in [0.29, 0.717) is 6.54 Å². The minimum Gasteiger partial charge on any atom is -0.354 e. The van der Waals surface area contributed by atoms with E-state index in [1.165, 1.54) is 4.88 Å². The topological polar surface area (TPSA) is 29.1 Å². The zero-order valence-electron chi connectivity index (χ0n) is 10.9. The molecule has 0 aliphatic rings. The highest BCUT2D eigenvalue weighted by atomic mass is 32.1. The SMILES string of the molecule is CC(C)C(S)C(=O)NCC(C)(C)c1cccs1. The van der Waals surface area contributed by atoms with Crippen LogP contribution in [0.3, 0.4) is 0 Å². The highest BCUT2D eigenvalue weighted by molar-refractivity contribution is 7.81. The van der Waals surface area contributed by atoms with Gasteiger partial charge >= 0.3 is 0 Å². The minimum absolute atomic E-state index is 0.0195. The van der Waals surface area contributed by atoms with E-state index in [4.69, 9.17) is 0 Å². The zero-order valence-corrected chi connectivity index (χ0v) is 12.6. The van der Waals surface area contributed by atoms with E-state index in [1.807, 2.05) is 19.9 Å². The molecule has 1 aromatic heterocycles. The van der Waals surface area contributed by atoms with Gasteiger partial charge in [-0.2, -0.15) is 12.6 Å². The lowest BCUT2D eigenvalue weighted by Crippen LogP contribution is -2.41. The van der Waals surface area contributed by atoms with Gasteiger partial charge in [-0.1, -0.05) is 33.8 Å². The molecule has 0 saturated carbocycles. The first-order chi connectivity index (χ1) is 7.84. The summed E-state index contributed by atoms with van der Waals surface area (Å²) in [7, 11) is 0. The first-order valence-corrected chi connectivity index (χ1v) is 7.24. The van der Waals surface area contributed by atoms with Gasteiger partial charge in [-0.3, -0.25) is 4.79 Å². The summed E-state index contributed by atoms with van der Waals surface area (Å²) in [5.74, 6) is 0.274. The third-order valence-electron chi connectivity index (χ3n) is 2.79. The summed E-state index contributed by atoms with van der Waals surface area (Å²) in [6.45, 7) is 8.93. The zero-order chi connectivity index (χ0) is 13.1. The van der Waals surface area contributed by atoms with Crippen LogP contribution >= 0.6 is 24.0 Å². The van der Waals surface area contributed by atoms with E-state index in [-0.39, 0.29) is 22.5 Å². The molecule has 0 fully saturated rings. The third-order valence-corrected chi connectivity index (χ3v) is 4.86. The number of thiophene rings is 1. The van der Waals surface area contributed by atoms with Crippen LogP contribution in [0.25, 0.3) is 0 Å². The van der Waals surface area contributed by atoms with E-state index in [2.05, 4.69) is 43.2 Å². The number of carbonyl (C=O) groups is 1. The predicted molar refractivity (Wildman–Crippen MR) is 78.0 cm³/mol. The summed E-state index contributed by atoms with van der Waals surface area (Å²) in [5, 5.41) is 4.82. The number of hydrogen-bond acceptors (Lipinski definition) is 3. The standard InChI is InChI=1S/C13H21NOS2/c1-9(2)11(16)12(15)14-8-13(3,4)10-6-5-7-17-10/h5-7,9,11,16H,8H2,1-4H3,(H,14,15). The number of thiol groups is 1. The van der Waals surface area contributed by atoms with Crippen LogP contribution in [0.5, 0.6) is 0 Å². The molecule has 0 bridgehead atoms. The molecule has 17 heavy (non-hydrogen) atoms. The number of rotatable bonds is 5. The van der Waals surface area contributed by atoms with Gasteiger partial charge < -0.3 is 5.32 Å². The maximum absolute atomic E-state index is 11.8. The van der Waals surface area contributed by atoms with Gasteiger partial charge in [-0.25, -0.2) is 0 Å². The average molecular weight is 271 g/mol. The number of amides is 1. The fraction of sp³-hybridized carbons (Fsp3) is 0.615. The summed E-state index contributed by atoms with van der Waals surface area (Å²) in [6.07, 6.45) is 0. The molecular weight excluding hydrogens is 250 g/mol. The molecule has 1 rings (SSSR count). The van der Waals surface area contributed by atoms with Gasteiger partial charge in [-0.05, 0) is 17.4 Å². The average Bonchev–Trinajstić information content (AvgIpc) is 2.78. The van der Waals surface area contributed by atoms with Crippen molar-refractivity contribution in [2.24, 2.45) is 5.92 Å². The van der Waals surface area contributed by atoms with Gasteiger partial charge in [0.05, 0.1) is 5.25 Å². The van der Waals surface area contributed by atoms with Crippen molar-refractivity contribution in [3.8, 4) is 0 Å². The third kappa shape index (κ3) is 4.03. The number of hydrogen-bond donors (Lipinski definition) is 2. The molecule has 0 aliphatic heterocycles. The van der Waals surface area contributed by atoms with Crippen LogP contribution in [0.1, 0.15) is 32.6 Å². The Bertz CT molecular complexity index is 358. The summed E-state index contributed by atoms with van der Waals surface area (Å²) >= 11 is 6.04. The highest BCUT2D eigenvalue weighted by Gasteiger charge is 2.24. The Morgan fingerprint density at radius 3 is 2.65 bits per heavy atom. The summed E-state index contributed by atoms with van der Waals surface area (Å²) in [5.41, 5.74) is -0.0195. The van der Waals surface area contributed by atoms with Crippen molar-refractivity contribution >= 4 is 29.9 Å². The van der Waals surface area contributed by atoms with Crippen molar-refractivity contribution in [2.45, 2.75) is 38.4 Å². The summed E-state index contributed by atoms with van der Waals surface area (Å²) in [6, 6.07) is 4.15. The molecule has 0 spiro atoms. The first kappa shape index (κ1) is 14.6. The maximum Gasteiger partial charge on any atom is 0.233 e. The normalized spacial score (nSPS) is 13.8. The molecule has 0 saturated heterocycles. The van der Waals surface area contributed by atoms with Crippen LogP contribution in [-0.4, -0.2) is 17.7 Å². The smallest absolute Gasteiger partial charge is 0.233 e. The van der Waals surface area contributed by atoms with E-state index < -0.39 is 0 Å². The molecule has 1 atom stereocenters. The van der Waals surface area contributed by atoms with Crippen LogP contribution in [-0.2, 0) is 10.2 Å². The van der Waals surface area contributed by atoms with Crippen LogP contribution in [0.2, 0.25) is 0 Å². The van der Waals surface area contributed by atoms with Crippen molar-refractivity contribution in [1.82, 2.24) is 5.32 Å². The monoisotopic (exact) mass is 271 g/mol. The molecule has 1 N–H and O–H groups in total. The second-order valence-corrected chi connectivity index (χ2v) is 6.77. The second-order valence-electron chi connectivity index (χ2n) is 5.27. The molecule has 1 amide bonds. The van der Waals surface area contributed by atoms with Crippen LogP contribution in [0, 0.1) is 5.92 Å². The molecule has 4 heteroatoms. The Labute approximate surface area is 113 Å². The summed E-state index contributed by atoms with van der Waals surface area (Å²) in [4.78, 5) is 13.1. The van der Waals surface area contributed by atoms with Crippen molar-refractivity contribution in [3.05, 3.63) is 22.4 Å². The van der Waals surface area contributed by atoms with Gasteiger partial charge in [-0.15, -0.1) is 11.3 Å². The molecule has 1 heterocycles. The highest BCUT2D eigenvalue weighted by Crippen LogP contribution is 2.26. The van der Waals surface area contributed by atoms with E-state index >= 15 is 0 Å². The molecule has 0 aliphatic carbocycles. The van der Waals surface area contributed by atoms with E-state index in [9.17, 15) is 4.79 Å². The van der Waals surface area contributed by atoms with Crippen molar-refractivity contribution < 1.29 is 4.79 Å². The van der Waals surface area contributed by atoms with Crippen molar-refractivity contribution in [2.75, 3.05) is 6.54 Å². The van der Waals surface area contributed by atoms with Gasteiger partial charge in [0, 0.05) is 16.8 Å². The molecule has 0 radical (unpaired) electrons. The maximum atomic E-state index is 11.8. The predicted octanol–water partition coefficient (Wildman–Crippen LogP) is 3.10. The Hall–Kier alpha value is -0.480. The lowest BCUT2D eigenvalue weighted by Gasteiger charge is -2.25. The fourth-order valence-electron chi connectivity index (χ4n) is 1.47. The Kier molecular flexibility index (Phi) is 5.07. The largest absolute Gasteiger partial charge is 0.354 e. The van der Waals surface area contributed by atoms with Gasteiger partial charge in [0.1, 0.15) is 0 Å². The molecule has 96 valence electrons. The second kappa shape index (κ2) is 5.91. The molecule has 2 nitrogen and oxygen atoms in total. The fourth-order valence-corrected chi connectivity index (χ4v) is 2.41. The van der Waals surface area contributed by atoms with Gasteiger partial charge in [0.15, 0.2) is 0 Å².